The number of aromatic nitrogens is 2. The molecule has 6 heteroatoms. The van der Waals surface area contributed by atoms with Crippen molar-refractivity contribution in [2.24, 2.45) is 0 Å². The zero-order valence-corrected chi connectivity index (χ0v) is 10.1. The van der Waals surface area contributed by atoms with Crippen molar-refractivity contribution in [3.05, 3.63) is 17.7 Å². The molecule has 86 valence electrons. The molecule has 2 N–H and O–H groups in total. The minimum absolute atomic E-state index is 0.150. The molecule has 0 unspecified atom stereocenters. The maximum atomic E-state index is 11.5. The predicted molar refractivity (Wildman–Crippen MR) is 59.0 cm³/mol. The fourth-order valence-electron chi connectivity index (χ4n) is 1.31. The standard InChI is InChI=1S/C9H17N3O2S/c1-4-5-15(13,14)12-8(3)9-10-6-7(2)11-9/h6,8,12H,4-5H2,1-3H3,(H,10,11)/t8-/m0/s1. The van der Waals surface area contributed by atoms with Crippen LogP contribution in [0.5, 0.6) is 0 Å². The molecule has 0 bridgehead atoms. The Morgan fingerprint density at radius 2 is 2.27 bits per heavy atom. The minimum atomic E-state index is -3.18. The summed E-state index contributed by atoms with van der Waals surface area (Å²) in [5.41, 5.74) is 0.923. The van der Waals surface area contributed by atoms with Gasteiger partial charge in [-0.15, -0.1) is 0 Å². The maximum Gasteiger partial charge on any atom is 0.212 e. The fourth-order valence-corrected chi connectivity index (χ4v) is 2.61. The van der Waals surface area contributed by atoms with E-state index in [2.05, 4.69) is 14.7 Å². The van der Waals surface area contributed by atoms with Crippen LogP contribution in [0.2, 0.25) is 0 Å². The second-order valence-corrected chi connectivity index (χ2v) is 5.48. The van der Waals surface area contributed by atoms with E-state index >= 15 is 0 Å². The van der Waals surface area contributed by atoms with E-state index in [-0.39, 0.29) is 11.8 Å². The Hall–Kier alpha value is -0.880. The first-order valence-corrected chi connectivity index (χ1v) is 6.61. The smallest absolute Gasteiger partial charge is 0.212 e. The predicted octanol–water partition coefficient (Wildman–Crippen LogP) is 1.11. The number of H-pyrrole nitrogens is 1. The van der Waals surface area contributed by atoms with E-state index < -0.39 is 10.0 Å². The first-order chi connectivity index (χ1) is 6.94. The van der Waals surface area contributed by atoms with E-state index in [1.54, 1.807) is 13.1 Å². The third-order valence-electron chi connectivity index (χ3n) is 1.96. The van der Waals surface area contributed by atoms with Crippen LogP contribution in [-0.2, 0) is 10.0 Å². The van der Waals surface area contributed by atoms with Crippen LogP contribution in [0.1, 0.15) is 37.8 Å². The molecule has 0 amide bonds. The van der Waals surface area contributed by atoms with Crippen LogP contribution >= 0.6 is 0 Å². The number of hydrogen-bond donors (Lipinski definition) is 2. The average molecular weight is 231 g/mol. The van der Waals surface area contributed by atoms with Crippen LogP contribution in [0.3, 0.4) is 0 Å². The van der Waals surface area contributed by atoms with Crippen molar-refractivity contribution >= 4 is 10.0 Å². The highest BCUT2D eigenvalue weighted by atomic mass is 32.2. The van der Waals surface area contributed by atoms with E-state index in [9.17, 15) is 8.42 Å². The van der Waals surface area contributed by atoms with Gasteiger partial charge in [0.25, 0.3) is 0 Å². The van der Waals surface area contributed by atoms with Gasteiger partial charge in [0, 0.05) is 11.9 Å². The molecule has 1 aromatic rings. The van der Waals surface area contributed by atoms with Gasteiger partial charge in [-0.05, 0) is 20.3 Å². The van der Waals surface area contributed by atoms with Crippen molar-refractivity contribution in [1.29, 1.82) is 0 Å². The van der Waals surface area contributed by atoms with Crippen molar-refractivity contribution in [3.8, 4) is 0 Å². The molecular weight excluding hydrogens is 214 g/mol. The van der Waals surface area contributed by atoms with Gasteiger partial charge in [0.1, 0.15) is 5.82 Å². The van der Waals surface area contributed by atoms with Gasteiger partial charge in [0.05, 0.1) is 11.8 Å². The third-order valence-corrected chi connectivity index (χ3v) is 3.62. The van der Waals surface area contributed by atoms with Crippen LogP contribution < -0.4 is 4.72 Å². The molecule has 1 atom stereocenters. The highest BCUT2D eigenvalue weighted by Gasteiger charge is 2.16. The molecule has 0 aromatic carbocycles. The van der Waals surface area contributed by atoms with Gasteiger partial charge in [-0.1, -0.05) is 6.92 Å². The lowest BCUT2D eigenvalue weighted by atomic mass is 10.3. The molecule has 0 saturated carbocycles. The van der Waals surface area contributed by atoms with Crippen molar-refractivity contribution < 1.29 is 8.42 Å². The van der Waals surface area contributed by atoms with Gasteiger partial charge in [-0.2, -0.15) is 0 Å². The van der Waals surface area contributed by atoms with Crippen LogP contribution in [0.15, 0.2) is 6.20 Å². The van der Waals surface area contributed by atoms with Crippen LogP contribution in [0, 0.1) is 6.92 Å². The quantitative estimate of drug-likeness (QED) is 0.797. The van der Waals surface area contributed by atoms with E-state index in [0.29, 0.717) is 12.2 Å². The molecule has 0 radical (unpaired) electrons. The Morgan fingerprint density at radius 3 is 2.73 bits per heavy atom. The number of aromatic amines is 1. The molecule has 0 aliphatic heterocycles. The first-order valence-electron chi connectivity index (χ1n) is 4.96. The Labute approximate surface area is 90.4 Å². The minimum Gasteiger partial charge on any atom is -0.345 e. The topological polar surface area (TPSA) is 74.8 Å². The van der Waals surface area contributed by atoms with Crippen molar-refractivity contribution in [3.63, 3.8) is 0 Å². The molecule has 0 fully saturated rings. The summed E-state index contributed by atoms with van der Waals surface area (Å²) in [7, 11) is -3.18. The Bertz CT molecular complexity index is 411. The molecule has 0 saturated heterocycles. The summed E-state index contributed by atoms with van der Waals surface area (Å²) in [6, 6.07) is -0.310. The Morgan fingerprint density at radius 1 is 1.60 bits per heavy atom. The highest BCUT2D eigenvalue weighted by molar-refractivity contribution is 7.89. The van der Waals surface area contributed by atoms with Crippen molar-refractivity contribution in [2.45, 2.75) is 33.2 Å². The van der Waals surface area contributed by atoms with Crippen LogP contribution in [0.25, 0.3) is 0 Å². The van der Waals surface area contributed by atoms with E-state index in [0.717, 1.165) is 5.69 Å². The molecule has 0 spiro atoms. The SMILES string of the molecule is CCCS(=O)(=O)N[C@@H](C)c1ncc(C)[nH]1. The van der Waals surface area contributed by atoms with E-state index in [4.69, 9.17) is 0 Å². The molecule has 5 nitrogen and oxygen atoms in total. The summed E-state index contributed by atoms with van der Waals surface area (Å²) >= 11 is 0. The summed E-state index contributed by atoms with van der Waals surface area (Å²) in [5.74, 6) is 0.795. The number of aryl methyl sites for hydroxylation is 1. The summed E-state index contributed by atoms with van der Waals surface area (Å²) in [4.78, 5) is 7.08. The van der Waals surface area contributed by atoms with Gasteiger partial charge in [-0.25, -0.2) is 18.1 Å². The van der Waals surface area contributed by atoms with Gasteiger partial charge in [-0.3, -0.25) is 0 Å². The second kappa shape index (κ2) is 4.76. The fraction of sp³-hybridized carbons (Fsp3) is 0.667. The number of hydrogen-bond acceptors (Lipinski definition) is 3. The van der Waals surface area contributed by atoms with Gasteiger partial charge in [0.15, 0.2) is 0 Å². The van der Waals surface area contributed by atoms with Crippen LogP contribution in [-0.4, -0.2) is 24.1 Å². The molecule has 0 aliphatic carbocycles. The molecule has 15 heavy (non-hydrogen) atoms. The number of sulfonamides is 1. The van der Waals surface area contributed by atoms with Crippen molar-refractivity contribution in [1.82, 2.24) is 14.7 Å². The van der Waals surface area contributed by atoms with Crippen LogP contribution in [0.4, 0.5) is 0 Å². The summed E-state index contributed by atoms with van der Waals surface area (Å²) in [6.45, 7) is 5.48. The lowest BCUT2D eigenvalue weighted by molar-refractivity contribution is 0.560. The molecule has 1 aromatic heterocycles. The average Bonchev–Trinajstić information content (AvgIpc) is 2.50. The number of nitrogens with zero attached hydrogens (tertiary/aromatic N) is 1. The second-order valence-electron chi connectivity index (χ2n) is 3.61. The number of rotatable bonds is 5. The third kappa shape index (κ3) is 3.64. The highest BCUT2D eigenvalue weighted by Crippen LogP contribution is 2.09. The van der Waals surface area contributed by atoms with Gasteiger partial charge in [0.2, 0.25) is 10.0 Å². The Kier molecular flexibility index (Phi) is 3.87. The van der Waals surface area contributed by atoms with Gasteiger partial charge >= 0.3 is 0 Å². The monoisotopic (exact) mass is 231 g/mol. The zero-order chi connectivity index (χ0) is 11.5. The van der Waals surface area contributed by atoms with Crippen molar-refractivity contribution in [2.75, 3.05) is 5.75 Å². The normalized spacial score (nSPS) is 14.1. The first kappa shape index (κ1) is 12.2. The lowest BCUT2D eigenvalue weighted by Crippen LogP contribution is -2.29. The van der Waals surface area contributed by atoms with E-state index in [1.165, 1.54) is 0 Å². The van der Waals surface area contributed by atoms with Gasteiger partial charge < -0.3 is 4.98 Å². The summed E-state index contributed by atoms with van der Waals surface area (Å²) < 4.78 is 25.5. The Balaban J connectivity index is 2.67. The zero-order valence-electron chi connectivity index (χ0n) is 9.24. The number of nitrogens with one attached hydrogen (secondary N) is 2. The molecule has 1 heterocycles. The lowest BCUT2D eigenvalue weighted by Gasteiger charge is -2.11. The van der Waals surface area contributed by atoms with E-state index in [1.807, 2.05) is 13.8 Å². The summed E-state index contributed by atoms with van der Waals surface area (Å²) in [6.07, 6.45) is 2.29. The molecule has 1 rings (SSSR count). The molecular formula is C9H17N3O2S. The molecule has 0 aliphatic rings. The summed E-state index contributed by atoms with van der Waals surface area (Å²) in [5, 5.41) is 0. The number of imidazole rings is 1. The maximum absolute atomic E-state index is 11.5. The largest absolute Gasteiger partial charge is 0.345 e.